The molecule has 0 unspecified atom stereocenters. The van der Waals surface area contributed by atoms with Crippen LogP contribution in [0.4, 0.5) is 5.69 Å². The van der Waals surface area contributed by atoms with Gasteiger partial charge in [0.15, 0.2) is 5.65 Å². The van der Waals surface area contributed by atoms with E-state index in [1.165, 1.54) is 0 Å². The first kappa shape index (κ1) is 16.2. The molecule has 0 radical (unpaired) electrons. The van der Waals surface area contributed by atoms with Crippen molar-refractivity contribution in [3.8, 4) is 5.75 Å². The molecule has 1 aliphatic rings. The van der Waals surface area contributed by atoms with Gasteiger partial charge in [0, 0.05) is 16.9 Å². The normalized spacial score (nSPS) is 13.4. The predicted octanol–water partition coefficient (Wildman–Crippen LogP) is 1.46. The van der Waals surface area contributed by atoms with Gasteiger partial charge in [-0.15, -0.1) is 0 Å². The average molecular weight is 354 g/mol. The summed E-state index contributed by atoms with van der Waals surface area (Å²) in [6, 6.07) is 6.76. The van der Waals surface area contributed by atoms with Gasteiger partial charge in [-0.25, -0.2) is 0 Å². The monoisotopic (exact) mass is 354 g/mol. The predicted molar refractivity (Wildman–Crippen MR) is 96.2 cm³/mol. The molecule has 134 valence electrons. The van der Waals surface area contributed by atoms with Gasteiger partial charge in [-0.2, -0.15) is 4.52 Å². The van der Waals surface area contributed by atoms with Crippen molar-refractivity contribution in [3.05, 3.63) is 61.8 Å². The van der Waals surface area contributed by atoms with Crippen molar-refractivity contribution in [2.75, 3.05) is 12.4 Å². The summed E-state index contributed by atoms with van der Waals surface area (Å²) in [6.07, 6.45) is 3.33. The fraction of sp³-hybridized carbons (Fsp3) is 0.278. The van der Waals surface area contributed by atoms with Crippen molar-refractivity contribution in [1.82, 2.24) is 14.6 Å². The lowest BCUT2D eigenvalue weighted by atomic mass is 9.97. The molecular formula is C18H18N4O4. The maximum atomic E-state index is 12.6. The smallest absolute Gasteiger partial charge is 0.279 e. The Balaban J connectivity index is 1.76. The number of H-pyrrole nitrogens is 2. The Morgan fingerprint density at radius 1 is 1.15 bits per heavy atom. The van der Waals surface area contributed by atoms with Crippen molar-refractivity contribution >= 4 is 17.2 Å². The number of amides is 1. The fourth-order valence-electron chi connectivity index (χ4n) is 3.34. The number of anilines is 1. The molecular weight excluding hydrogens is 336 g/mol. The number of benzene rings is 1. The lowest BCUT2D eigenvalue weighted by Crippen LogP contribution is -2.25. The van der Waals surface area contributed by atoms with Gasteiger partial charge < -0.3 is 15.0 Å². The number of fused-ring (bicyclic) bond motifs is 2. The van der Waals surface area contributed by atoms with E-state index < -0.39 is 11.5 Å². The molecule has 2 aromatic heterocycles. The van der Waals surface area contributed by atoms with Crippen LogP contribution in [-0.4, -0.2) is 27.6 Å². The summed E-state index contributed by atoms with van der Waals surface area (Å²) in [7, 11) is 1.55. The van der Waals surface area contributed by atoms with E-state index >= 15 is 0 Å². The zero-order chi connectivity index (χ0) is 18.3. The summed E-state index contributed by atoms with van der Waals surface area (Å²) in [5.41, 5.74) is 1.23. The SMILES string of the molecule is COc1ccc(NC(=O)c2c(=O)[nH]n3c(=O)c4c([nH]c23)CCCC4)cc1. The molecule has 26 heavy (non-hydrogen) atoms. The van der Waals surface area contributed by atoms with Crippen LogP contribution < -0.4 is 21.2 Å². The lowest BCUT2D eigenvalue weighted by Gasteiger charge is -2.15. The second kappa shape index (κ2) is 6.21. The number of hydrogen-bond acceptors (Lipinski definition) is 4. The molecule has 0 fully saturated rings. The van der Waals surface area contributed by atoms with E-state index in [2.05, 4.69) is 15.4 Å². The highest BCUT2D eigenvalue weighted by Gasteiger charge is 2.23. The van der Waals surface area contributed by atoms with Crippen LogP contribution in [0.2, 0.25) is 0 Å². The highest BCUT2D eigenvalue weighted by atomic mass is 16.5. The van der Waals surface area contributed by atoms with E-state index in [9.17, 15) is 14.4 Å². The van der Waals surface area contributed by atoms with Gasteiger partial charge in [-0.3, -0.25) is 19.5 Å². The molecule has 0 spiro atoms. The molecule has 0 aliphatic heterocycles. The third-order valence-corrected chi connectivity index (χ3v) is 4.67. The Labute approximate surface area is 147 Å². The summed E-state index contributed by atoms with van der Waals surface area (Å²) >= 11 is 0. The molecule has 1 aliphatic carbocycles. The van der Waals surface area contributed by atoms with E-state index in [0.29, 0.717) is 23.4 Å². The maximum Gasteiger partial charge on any atom is 0.279 e. The van der Waals surface area contributed by atoms with Gasteiger partial charge in [-0.1, -0.05) is 0 Å². The molecule has 1 amide bonds. The number of aromatic nitrogens is 3. The highest BCUT2D eigenvalue weighted by Crippen LogP contribution is 2.19. The summed E-state index contributed by atoms with van der Waals surface area (Å²) in [5, 5.41) is 5.15. The average Bonchev–Trinajstić information content (AvgIpc) is 2.99. The number of hydrogen-bond donors (Lipinski definition) is 3. The minimum Gasteiger partial charge on any atom is -0.497 e. The fourth-order valence-corrected chi connectivity index (χ4v) is 3.34. The molecule has 8 nitrogen and oxygen atoms in total. The summed E-state index contributed by atoms with van der Waals surface area (Å²) in [5.74, 6) is 0.0800. The van der Waals surface area contributed by atoms with Crippen LogP contribution >= 0.6 is 0 Å². The molecule has 1 aromatic carbocycles. The van der Waals surface area contributed by atoms with Crippen LogP contribution in [0.1, 0.15) is 34.5 Å². The number of ether oxygens (including phenoxy) is 1. The third-order valence-electron chi connectivity index (χ3n) is 4.67. The third kappa shape index (κ3) is 2.59. The number of carbonyl (C=O) groups excluding carboxylic acids is 1. The van der Waals surface area contributed by atoms with Crippen LogP contribution in [0.5, 0.6) is 5.75 Å². The van der Waals surface area contributed by atoms with Gasteiger partial charge in [-0.05, 0) is 49.9 Å². The van der Waals surface area contributed by atoms with E-state index in [4.69, 9.17) is 4.74 Å². The largest absolute Gasteiger partial charge is 0.497 e. The minimum absolute atomic E-state index is 0.105. The molecule has 8 heteroatoms. The quantitative estimate of drug-likeness (QED) is 0.661. The van der Waals surface area contributed by atoms with Crippen LogP contribution in [0, 0.1) is 0 Å². The lowest BCUT2D eigenvalue weighted by molar-refractivity contribution is 0.102. The number of aromatic amines is 2. The van der Waals surface area contributed by atoms with E-state index in [-0.39, 0.29) is 16.8 Å². The van der Waals surface area contributed by atoms with Gasteiger partial charge in [0.05, 0.1) is 7.11 Å². The molecule has 2 heterocycles. The number of rotatable bonds is 3. The van der Waals surface area contributed by atoms with Crippen LogP contribution in [0.25, 0.3) is 5.65 Å². The molecule has 3 N–H and O–H groups in total. The Hall–Kier alpha value is -3.29. The standard InChI is InChI=1S/C18H18N4O4/c1-26-11-8-6-10(7-9-11)19-16(23)14-15-20-13-5-3-2-4-12(13)18(25)22(15)21-17(14)24/h6-9,20H,2-5H2,1H3,(H,19,23)(H,21,24). The summed E-state index contributed by atoms with van der Waals surface area (Å²) in [4.78, 5) is 40.7. The number of carbonyl (C=O) groups is 1. The van der Waals surface area contributed by atoms with E-state index in [1.54, 1.807) is 31.4 Å². The minimum atomic E-state index is -0.605. The number of aryl methyl sites for hydroxylation is 1. The van der Waals surface area contributed by atoms with Crippen molar-refractivity contribution in [3.63, 3.8) is 0 Å². The number of nitrogens with zero attached hydrogens (tertiary/aromatic N) is 1. The molecule has 4 rings (SSSR count). The van der Waals surface area contributed by atoms with Crippen molar-refractivity contribution in [1.29, 1.82) is 0 Å². The zero-order valence-corrected chi connectivity index (χ0v) is 14.2. The van der Waals surface area contributed by atoms with Gasteiger partial charge >= 0.3 is 0 Å². The van der Waals surface area contributed by atoms with Gasteiger partial charge in [0.1, 0.15) is 11.3 Å². The van der Waals surface area contributed by atoms with E-state index in [1.807, 2.05) is 0 Å². The first-order valence-electron chi connectivity index (χ1n) is 8.42. The van der Waals surface area contributed by atoms with Crippen LogP contribution in [0.15, 0.2) is 33.9 Å². The number of nitrogens with one attached hydrogen (secondary N) is 3. The van der Waals surface area contributed by atoms with Crippen molar-refractivity contribution in [2.45, 2.75) is 25.7 Å². The van der Waals surface area contributed by atoms with Crippen LogP contribution in [-0.2, 0) is 12.8 Å². The highest BCUT2D eigenvalue weighted by molar-refractivity contribution is 6.08. The van der Waals surface area contributed by atoms with Crippen molar-refractivity contribution < 1.29 is 9.53 Å². The Morgan fingerprint density at radius 3 is 2.62 bits per heavy atom. The van der Waals surface area contributed by atoms with Crippen molar-refractivity contribution in [2.24, 2.45) is 0 Å². The van der Waals surface area contributed by atoms with Gasteiger partial charge in [0.2, 0.25) is 0 Å². The zero-order valence-electron chi connectivity index (χ0n) is 14.2. The molecule has 0 saturated carbocycles. The first-order valence-corrected chi connectivity index (χ1v) is 8.42. The number of methoxy groups -OCH3 is 1. The molecule has 0 saturated heterocycles. The summed E-state index contributed by atoms with van der Waals surface area (Å²) in [6.45, 7) is 0. The second-order valence-corrected chi connectivity index (χ2v) is 6.28. The first-order chi connectivity index (χ1) is 12.6. The molecule has 3 aromatic rings. The second-order valence-electron chi connectivity index (χ2n) is 6.28. The molecule has 0 bridgehead atoms. The summed E-state index contributed by atoms with van der Waals surface area (Å²) < 4.78 is 6.21. The topological polar surface area (TPSA) is 108 Å². The Bertz CT molecular complexity index is 1110. The maximum absolute atomic E-state index is 12.6. The Morgan fingerprint density at radius 2 is 1.88 bits per heavy atom. The van der Waals surface area contributed by atoms with Crippen LogP contribution in [0.3, 0.4) is 0 Å². The Kier molecular flexibility index (Phi) is 3.87. The van der Waals surface area contributed by atoms with E-state index in [0.717, 1.165) is 29.5 Å². The van der Waals surface area contributed by atoms with Gasteiger partial charge in [0.25, 0.3) is 17.0 Å². The molecule has 0 atom stereocenters.